The Kier molecular flexibility index (Phi) is 2.65. The quantitative estimate of drug-likeness (QED) is 0.477. The van der Waals surface area contributed by atoms with Crippen LogP contribution in [0.2, 0.25) is 0 Å². The molecule has 1 aliphatic rings. The average Bonchev–Trinajstić information content (AvgIpc) is 2.07. The summed E-state index contributed by atoms with van der Waals surface area (Å²) in [6.07, 6.45) is 5.13. The molecule has 1 rings (SSSR count). The second-order valence-corrected chi connectivity index (χ2v) is 5.53. The van der Waals surface area contributed by atoms with Gasteiger partial charge in [-0.2, -0.15) is 0 Å². The van der Waals surface area contributed by atoms with E-state index in [2.05, 4.69) is 40.7 Å². The Morgan fingerprint density at radius 1 is 1.08 bits per heavy atom. The Hall–Kier alpha value is -0.260. The van der Waals surface area contributed by atoms with Crippen LogP contribution in [-0.2, 0) is 0 Å². The summed E-state index contributed by atoms with van der Waals surface area (Å²) in [5.41, 5.74) is 2.06. The monoisotopic (exact) mass is 166 g/mol. The lowest BCUT2D eigenvalue weighted by molar-refractivity contribution is 0.457. The van der Waals surface area contributed by atoms with E-state index in [1.807, 2.05) is 0 Å². The molecule has 0 aromatic heterocycles. The SMILES string of the molecule is CC1CC(=CC(C)(C)C)CC1C. The smallest absolute Gasteiger partial charge is 0.0200 e. The Labute approximate surface area is 77.1 Å². The molecule has 0 heterocycles. The third-order valence-corrected chi connectivity index (χ3v) is 2.78. The van der Waals surface area contributed by atoms with Crippen LogP contribution in [0.1, 0.15) is 47.5 Å². The first-order valence-corrected chi connectivity index (χ1v) is 5.09. The van der Waals surface area contributed by atoms with Crippen LogP contribution >= 0.6 is 0 Å². The zero-order chi connectivity index (χ0) is 9.35. The maximum atomic E-state index is 2.47. The molecule has 1 aliphatic carbocycles. The van der Waals surface area contributed by atoms with E-state index in [0.29, 0.717) is 5.41 Å². The van der Waals surface area contributed by atoms with Crippen molar-refractivity contribution < 1.29 is 0 Å². The zero-order valence-corrected chi connectivity index (χ0v) is 9.15. The van der Waals surface area contributed by atoms with Crippen LogP contribution in [0.4, 0.5) is 0 Å². The largest absolute Gasteiger partial charge is 0.0799 e. The van der Waals surface area contributed by atoms with Crippen LogP contribution in [-0.4, -0.2) is 0 Å². The molecular weight excluding hydrogens is 144 g/mol. The predicted molar refractivity (Wildman–Crippen MR) is 55.1 cm³/mol. The average molecular weight is 166 g/mol. The molecule has 0 nitrogen and oxygen atoms in total. The van der Waals surface area contributed by atoms with Crippen molar-refractivity contribution in [3.05, 3.63) is 11.6 Å². The summed E-state index contributed by atoms with van der Waals surface area (Å²) in [4.78, 5) is 0. The van der Waals surface area contributed by atoms with Crippen molar-refractivity contribution in [1.82, 2.24) is 0 Å². The van der Waals surface area contributed by atoms with E-state index in [4.69, 9.17) is 0 Å². The Morgan fingerprint density at radius 2 is 1.50 bits per heavy atom. The lowest BCUT2D eigenvalue weighted by Gasteiger charge is -2.13. The molecule has 12 heavy (non-hydrogen) atoms. The van der Waals surface area contributed by atoms with Gasteiger partial charge in [0.05, 0.1) is 0 Å². The van der Waals surface area contributed by atoms with E-state index in [0.717, 1.165) is 11.8 Å². The molecule has 0 heteroatoms. The molecule has 0 amide bonds. The predicted octanol–water partition coefficient (Wildman–Crippen LogP) is 4.02. The van der Waals surface area contributed by atoms with Gasteiger partial charge in [-0.05, 0) is 30.1 Å². The molecule has 2 atom stereocenters. The summed E-state index contributed by atoms with van der Waals surface area (Å²) in [6, 6.07) is 0. The van der Waals surface area contributed by atoms with E-state index >= 15 is 0 Å². The van der Waals surface area contributed by atoms with Crippen molar-refractivity contribution in [3.8, 4) is 0 Å². The van der Waals surface area contributed by atoms with Gasteiger partial charge in [-0.1, -0.05) is 46.3 Å². The van der Waals surface area contributed by atoms with E-state index in [1.165, 1.54) is 12.8 Å². The number of rotatable bonds is 0. The van der Waals surface area contributed by atoms with Gasteiger partial charge in [0.15, 0.2) is 0 Å². The minimum atomic E-state index is 0.374. The molecule has 0 N–H and O–H groups in total. The van der Waals surface area contributed by atoms with E-state index in [9.17, 15) is 0 Å². The fourth-order valence-corrected chi connectivity index (χ4v) is 2.04. The standard InChI is InChI=1S/C12H22/c1-9-6-11(7-10(9)2)8-12(3,4)5/h8-10H,6-7H2,1-5H3. The molecule has 0 radical (unpaired) electrons. The Morgan fingerprint density at radius 3 is 1.83 bits per heavy atom. The molecule has 1 saturated carbocycles. The molecule has 0 aromatic rings. The minimum Gasteiger partial charge on any atom is -0.0799 e. The first-order valence-electron chi connectivity index (χ1n) is 5.09. The fraction of sp³-hybridized carbons (Fsp3) is 0.833. The van der Waals surface area contributed by atoms with Crippen LogP contribution in [0.25, 0.3) is 0 Å². The summed E-state index contributed by atoms with van der Waals surface area (Å²) >= 11 is 0. The molecule has 0 aromatic carbocycles. The van der Waals surface area contributed by atoms with Crippen LogP contribution < -0.4 is 0 Å². The van der Waals surface area contributed by atoms with Crippen molar-refractivity contribution >= 4 is 0 Å². The highest BCUT2D eigenvalue weighted by molar-refractivity contribution is 5.12. The Bertz CT molecular complexity index is 169. The second-order valence-electron chi connectivity index (χ2n) is 5.53. The van der Waals surface area contributed by atoms with Crippen molar-refractivity contribution in [3.63, 3.8) is 0 Å². The fourth-order valence-electron chi connectivity index (χ4n) is 2.04. The van der Waals surface area contributed by atoms with Gasteiger partial charge in [-0.15, -0.1) is 0 Å². The normalized spacial score (nSPS) is 30.9. The maximum absolute atomic E-state index is 2.47. The van der Waals surface area contributed by atoms with Gasteiger partial charge in [0, 0.05) is 0 Å². The molecule has 1 fully saturated rings. The van der Waals surface area contributed by atoms with Gasteiger partial charge in [0.25, 0.3) is 0 Å². The van der Waals surface area contributed by atoms with Gasteiger partial charge < -0.3 is 0 Å². The van der Waals surface area contributed by atoms with E-state index in [-0.39, 0.29) is 0 Å². The van der Waals surface area contributed by atoms with Gasteiger partial charge in [0.2, 0.25) is 0 Å². The lowest BCUT2D eigenvalue weighted by Crippen LogP contribution is -2.00. The summed E-state index contributed by atoms with van der Waals surface area (Å²) in [5, 5.41) is 0. The van der Waals surface area contributed by atoms with Gasteiger partial charge >= 0.3 is 0 Å². The van der Waals surface area contributed by atoms with Crippen molar-refractivity contribution in [2.75, 3.05) is 0 Å². The summed E-state index contributed by atoms with van der Waals surface area (Å²) in [7, 11) is 0. The Balaban J connectivity index is 2.63. The van der Waals surface area contributed by atoms with E-state index < -0.39 is 0 Å². The molecule has 0 bridgehead atoms. The van der Waals surface area contributed by atoms with E-state index in [1.54, 1.807) is 5.57 Å². The molecular formula is C12H22. The van der Waals surface area contributed by atoms with Crippen molar-refractivity contribution in [1.29, 1.82) is 0 Å². The maximum Gasteiger partial charge on any atom is -0.0200 e. The van der Waals surface area contributed by atoms with Crippen LogP contribution in [0.5, 0.6) is 0 Å². The molecule has 70 valence electrons. The third-order valence-electron chi connectivity index (χ3n) is 2.78. The van der Waals surface area contributed by atoms with Crippen LogP contribution in [0, 0.1) is 17.3 Å². The number of allylic oxidation sites excluding steroid dienone is 2. The highest BCUT2D eigenvalue weighted by Crippen LogP contribution is 2.37. The summed E-state index contributed by atoms with van der Waals surface area (Å²) in [6.45, 7) is 11.6. The number of hydrogen-bond donors (Lipinski definition) is 0. The molecule has 2 unspecified atom stereocenters. The topological polar surface area (TPSA) is 0 Å². The highest BCUT2D eigenvalue weighted by Gasteiger charge is 2.24. The van der Waals surface area contributed by atoms with Gasteiger partial charge in [-0.25, -0.2) is 0 Å². The number of hydrogen-bond acceptors (Lipinski definition) is 0. The highest BCUT2D eigenvalue weighted by atomic mass is 14.3. The first-order chi connectivity index (χ1) is 5.38. The van der Waals surface area contributed by atoms with Crippen molar-refractivity contribution in [2.45, 2.75) is 47.5 Å². The zero-order valence-electron chi connectivity index (χ0n) is 9.15. The summed E-state index contributed by atoms with van der Waals surface area (Å²) in [5.74, 6) is 1.80. The van der Waals surface area contributed by atoms with Crippen molar-refractivity contribution in [2.24, 2.45) is 17.3 Å². The molecule has 0 aliphatic heterocycles. The first kappa shape index (κ1) is 9.83. The van der Waals surface area contributed by atoms with Gasteiger partial charge in [-0.3, -0.25) is 0 Å². The summed E-state index contributed by atoms with van der Waals surface area (Å²) < 4.78 is 0. The second kappa shape index (κ2) is 3.24. The molecule has 0 saturated heterocycles. The molecule has 0 spiro atoms. The third kappa shape index (κ3) is 2.66. The van der Waals surface area contributed by atoms with Crippen LogP contribution in [0.15, 0.2) is 11.6 Å². The van der Waals surface area contributed by atoms with Gasteiger partial charge in [0.1, 0.15) is 0 Å². The van der Waals surface area contributed by atoms with Crippen LogP contribution in [0.3, 0.4) is 0 Å². The minimum absolute atomic E-state index is 0.374. The lowest BCUT2D eigenvalue weighted by atomic mass is 9.93.